The van der Waals surface area contributed by atoms with Crippen LogP contribution in [0.15, 0.2) is 42.6 Å². The number of aromatic nitrogens is 4. The van der Waals surface area contributed by atoms with Crippen molar-refractivity contribution in [2.45, 2.75) is 19.8 Å². The number of aryl methyl sites for hydroxylation is 1. The van der Waals surface area contributed by atoms with E-state index in [-0.39, 0.29) is 29.0 Å². The third-order valence-electron chi connectivity index (χ3n) is 5.62. The van der Waals surface area contributed by atoms with Crippen molar-refractivity contribution in [2.75, 3.05) is 11.1 Å². The Labute approximate surface area is 183 Å². The van der Waals surface area contributed by atoms with Crippen molar-refractivity contribution < 1.29 is 9.59 Å². The second kappa shape index (κ2) is 7.45. The predicted octanol–water partition coefficient (Wildman–Crippen LogP) is 3.02. The van der Waals surface area contributed by atoms with Gasteiger partial charge in [0.25, 0.3) is 5.91 Å². The number of amides is 2. The molecular formula is C23H21N7O2. The van der Waals surface area contributed by atoms with Crippen LogP contribution >= 0.6 is 0 Å². The van der Waals surface area contributed by atoms with Crippen LogP contribution in [-0.4, -0.2) is 32.0 Å². The number of H-pyrrole nitrogens is 1. The van der Waals surface area contributed by atoms with E-state index in [0.29, 0.717) is 16.9 Å². The molecule has 0 radical (unpaired) electrons. The molecule has 2 aromatic heterocycles. The van der Waals surface area contributed by atoms with Gasteiger partial charge in [-0.25, -0.2) is 9.97 Å². The summed E-state index contributed by atoms with van der Waals surface area (Å²) < 4.78 is 0. The lowest BCUT2D eigenvalue weighted by molar-refractivity contribution is -0.117. The van der Waals surface area contributed by atoms with E-state index in [4.69, 9.17) is 16.5 Å². The number of para-hydroxylation sites is 1. The summed E-state index contributed by atoms with van der Waals surface area (Å²) in [7, 11) is 0. The normalized spacial score (nSPS) is 13.3. The molecule has 4 aromatic rings. The van der Waals surface area contributed by atoms with Crippen LogP contribution in [-0.2, 0) is 4.79 Å². The van der Waals surface area contributed by atoms with E-state index in [1.54, 1.807) is 18.3 Å². The van der Waals surface area contributed by atoms with E-state index in [2.05, 4.69) is 20.5 Å². The molecule has 6 N–H and O–H groups in total. The maximum absolute atomic E-state index is 12.4. The Kier molecular flexibility index (Phi) is 4.58. The van der Waals surface area contributed by atoms with Gasteiger partial charge in [0.1, 0.15) is 0 Å². The molecule has 2 heterocycles. The van der Waals surface area contributed by atoms with Crippen LogP contribution in [0.1, 0.15) is 28.9 Å². The number of nitrogens with two attached hydrogens (primary N) is 2. The third kappa shape index (κ3) is 3.33. The molecule has 1 saturated carbocycles. The second-order valence-corrected chi connectivity index (χ2v) is 7.92. The summed E-state index contributed by atoms with van der Waals surface area (Å²) in [6.07, 6.45) is 3.46. The zero-order valence-corrected chi connectivity index (χ0v) is 17.3. The molecule has 0 bridgehead atoms. The Balaban J connectivity index is 1.73. The van der Waals surface area contributed by atoms with Crippen molar-refractivity contribution in [2.24, 2.45) is 11.7 Å². The van der Waals surface area contributed by atoms with E-state index in [0.717, 1.165) is 34.9 Å². The zero-order chi connectivity index (χ0) is 22.4. The number of carbonyl (C=O) groups is 2. The van der Waals surface area contributed by atoms with Crippen LogP contribution in [0.2, 0.25) is 0 Å². The number of nitrogen functional groups attached to an aromatic ring is 1. The summed E-state index contributed by atoms with van der Waals surface area (Å²) in [5.41, 5.74) is 15.9. The summed E-state index contributed by atoms with van der Waals surface area (Å²) in [6.45, 7) is 1.93. The monoisotopic (exact) mass is 427 g/mol. The van der Waals surface area contributed by atoms with Crippen LogP contribution in [0, 0.1) is 12.8 Å². The minimum Gasteiger partial charge on any atom is -0.395 e. The Hall–Kier alpha value is -4.27. The number of primary amides is 1. The van der Waals surface area contributed by atoms with Gasteiger partial charge < -0.3 is 16.8 Å². The lowest BCUT2D eigenvalue weighted by Crippen LogP contribution is -2.18. The number of aromatic amines is 1. The molecule has 1 aliphatic carbocycles. The highest BCUT2D eigenvalue weighted by molar-refractivity contribution is 6.04. The summed E-state index contributed by atoms with van der Waals surface area (Å²) in [5, 5.41) is 10.8. The summed E-state index contributed by atoms with van der Waals surface area (Å²) >= 11 is 0. The summed E-state index contributed by atoms with van der Waals surface area (Å²) in [5.74, 6) is -0.519. The van der Waals surface area contributed by atoms with Gasteiger partial charge >= 0.3 is 0 Å². The minimum atomic E-state index is -0.760. The molecule has 0 atom stereocenters. The van der Waals surface area contributed by atoms with Gasteiger partial charge in [0, 0.05) is 22.4 Å². The quantitative estimate of drug-likeness (QED) is 0.384. The zero-order valence-electron chi connectivity index (χ0n) is 17.3. The lowest BCUT2D eigenvalue weighted by Gasteiger charge is -2.15. The SMILES string of the molecule is Cc1ccc2[nH]ncc2c1-c1nc(-c2ccccc2NC(=O)C2CC2)nc(C(N)=O)c1N. The Bertz CT molecular complexity index is 1390. The average Bonchev–Trinajstić information content (AvgIpc) is 3.52. The molecule has 1 fully saturated rings. The predicted molar refractivity (Wildman–Crippen MR) is 122 cm³/mol. The largest absolute Gasteiger partial charge is 0.395 e. The van der Waals surface area contributed by atoms with Crippen LogP contribution < -0.4 is 16.8 Å². The molecule has 0 saturated heterocycles. The van der Waals surface area contributed by atoms with Gasteiger partial charge in [-0.2, -0.15) is 5.10 Å². The number of anilines is 2. The van der Waals surface area contributed by atoms with E-state index in [1.165, 1.54) is 0 Å². The van der Waals surface area contributed by atoms with Gasteiger partial charge in [-0.05, 0) is 43.5 Å². The minimum absolute atomic E-state index is 0.0356. The molecule has 1 aliphatic rings. The molecule has 160 valence electrons. The number of carbonyl (C=O) groups excluding carboxylic acids is 2. The third-order valence-corrected chi connectivity index (χ3v) is 5.62. The lowest BCUT2D eigenvalue weighted by atomic mass is 9.99. The smallest absolute Gasteiger partial charge is 0.269 e. The molecule has 9 nitrogen and oxygen atoms in total. The molecule has 0 unspecified atom stereocenters. The van der Waals surface area contributed by atoms with Crippen LogP contribution in [0.25, 0.3) is 33.5 Å². The Morgan fingerprint density at radius 3 is 2.66 bits per heavy atom. The van der Waals surface area contributed by atoms with Gasteiger partial charge in [-0.15, -0.1) is 0 Å². The molecule has 2 aromatic carbocycles. The van der Waals surface area contributed by atoms with Crippen molar-refractivity contribution in [3.05, 3.63) is 53.9 Å². The molecule has 32 heavy (non-hydrogen) atoms. The summed E-state index contributed by atoms with van der Waals surface area (Å²) in [6, 6.07) is 11.0. The fourth-order valence-corrected chi connectivity index (χ4v) is 3.78. The van der Waals surface area contributed by atoms with Gasteiger partial charge in [0.05, 0.1) is 28.8 Å². The maximum Gasteiger partial charge on any atom is 0.269 e. The van der Waals surface area contributed by atoms with Gasteiger partial charge in [-0.3, -0.25) is 14.7 Å². The molecule has 2 amide bonds. The fourth-order valence-electron chi connectivity index (χ4n) is 3.78. The Morgan fingerprint density at radius 2 is 1.91 bits per heavy atom. The first-order chi connectivity index (χ1) is 15.4. The fraction of sp³-hybridized carbons (Fsp3) is 0.174. The number of rotatable bonds is 5. The highest BCUT2D eigenvalue weighted by Crippen LogP contribution is 2.37. The number of nitrogens with zero attached hydrogens (tertiary/aromatic N) is 3. The van der Waals surface area contributed by atoms with Crippen molar-refractivity contribution in [1.29, 1.82) is 0 Å². The molecule has 0 aliphatic heterocycles. The number of nitrogens with one attached hydrogen (secondary N) is 2. The first-order valence-electron chi connectivity index (χ1n) is 10.2. The van der Waals surface area contributed by atoms with Gasteiger partial charge in [0.15, 0.2) is 11.5 Å². The molecule has 9 heteroatoms. The molecule has 0 spiro atoms. The van der Waals surface area contributed by atoms with Gasteiger partial charge in [0.2, 0.25) is 5.91 Å². The Morgan fingerprint density at radius 1 is 1.12 bits per heavy atom. The maximum atomic E-state index is 12.4. The van der Waals surface area contributed by atoms with E-state index in [1.807, 2.05) is 31.2 Å². The first-order valence-corrected chi connectivity index (χ1v) is 10.2. The van der Waals surface area contributed by atoms with E-state index < -0.39 is 5.91 Å². The van der Waals surface area contributed by atoms with Crippen LogP contribution in [0.5, 0.6) is 0 Å². The second-order valence-electron chi connectivity index (χ2n) is 7.92. The molecule has 5 rings (SSSR count). The van der Waals surface area contributed by atoms with Crippen LogP contribution in [0.4, 0.5) is 11.4 Å². The van der Waals surface area contributed by atoms with Crippen molar-refractivity contribution >= 4 is 34.1 Å². The number of fused-ring (bicyclic) bond motifs is 1. The van der Waals surface area contributed by atoms with E-state index in [9.17, 15) is 9.59 Å². The standard InChI is InChI=1S/C23H21N7O2/c1-11-6-9-16-14(10-26-30-16)17(11)19-18(24)20(21(25)31)29-22(28-19)13-4-2-3-5-15(13)27-23(32)12-7-8-12/h2-6,9-10,12H,7-8,24H2,1H3,(H2,25,31)(H,26,30)(H,27,32). The van der Waals surface area contributed by atoms with Gasteiger partial charge in [-0.1, -0.05) is 18.2 Å². The summed E-state index contributed by atoms with van der Waals surface area (Å²) in [4.78, 5) is 33.7. The average molecular weight is 427 g/mol. The number of hydrogen-bond acceptors (Lipinski definition) is 6. The van der Waals surface area contributed by atoms with Crippen molar-refractivity contribution in [1.82, 2.24) is 20.2 Å². The topological polar surface area (TPSA) is 153 Å². The number of benzene rings is 2. The van der Waals surface area contributed by atoms with Crippen LogP contribution in [0.3, 0.4) is 0 Å². The molecular weight excluding hydrogens is 406 g/mol. The number of hydrogen-bond donors (Lipinski definition) is 4. The first kappa shape index (κ1) is 19.7. The van der Waals surface area contributed by atoms with Crippen molar-refractivity contribution in [3.63, 3.8) is 0 Å². The van der Waals surface area contributed by atoms with Crippen molar-refractivity contribution in [3.8, 4) is 22.6 Å². The highest BCUT2D eigenvalue weighted by Gasteiger charge is 2.30. The van der Waals surface area contributed by atoms with E-state index >= 15 is 0 Å². The highest BCUT2D eigenvalue weighted by atomic mass is 16.2.